The molecule has 1 saturated heterocycles. The Hall–Kier alpha value is -0.120. The molecule has 0 aromatic rings. The van der Waals surface area contributed by atoms with Crippen molar-refractivity contribution < 1.29 is 0 Å². The van der Waals surface area contributed by atoms with E-state index in [4.69, 9.17) is 0 Å². The SMILES string of the molecule is CCCNC(C)C(C)N1CCN(C(C)CC)CC1. The van der Waals surface area contributed by atoms with Crippen LogP contribution >= 0.6 is 0 Å². The molecule has 0 aromatic carbocycles. The van der Waals surface area contributed by atoms with Gasteiger partial charge in [-0.3, -0.25) is 9.80 Å². The maximum atomic E-state index is 3.62. The van der Waals surface area contributed by atoms with E-state index in [2.05, 4.69) is 49.7 Å². The van der Waals surface area contributed by atoms with Gasteiger partial charge >= 0.3 is 0 Å². The van der Waals surface area contributed by atoms with E-state index in [1.807, 2.05) is 0 Å². The van der Waals surface area contributed by atoms with Crippen molar-refractivity contribution in [2.45, 2.75) is 65.6 Å². The Morgan fingerprint density at radius 2 is 1.50 bits per heavy atom. The predicted octanol–water partition coefficient (Wildman–Crippen LogP) is 2.18. The molecule has 108 valence electrons. The molecule has 3 unspecified atom stereocenters. The average molecular weight is 255 g/mol. The van der Waals surface area contributed by atoms with E-state index < -0.39 is 0 Å². The summed E-state index contributed by atoms with van der Waals surface area (Å²) in [4.78, 5) is 5.28. The van der Waals surface area contributed by atoms with Crippen LogP contribution in [0.15, 0.2) is 0 Å². The van der Waals surface area contributed by atoms with E-state index in [9.17, 15) is 0 Å². The third kappa shape index (κ3) is 4.52. The number of piperazine rings is 1. The average Bonchev–Trinajstić information content (AvgIpc) is 2.43. The first-order chi connectivity index (χ1) is 8.60. The van der Waals surface area contributed by atoms with Crippen molar-refractivity contribution in [3.8, 4) is 0 Å². The first-order valence-corrected chi connectivity index (χ1v) is 7.81. The van der Waals surface area contributed by atoms with Crippen LogP contribution in [0, 0.1) is 0 Å². The molecule has 1 aliphatic rings. The van der Waals surface area contributed by atoms with Crippen LogP contribution in [0.5, 0.6) is 0 Å². The molecule has 0 radical (unpaired) electrons. The fourth-order valence-corrected chi connectivity index (χ4v) is 2.70. The second-order valence-electron chi connectivity index (χ2n) is 5.81. The molecule has 0 aromatic heterocycles. The smallest absolute Gasteiger partial charge is 0.0219 e. The molecule has 0 amide bonds. The second kappa shape index (κ2) is 8.13. The number of nitrogens with zero attached hydrogens (tertiary/aromatic N) is 2. The number of hydrogen-bond acceptors (Lipinski definition) is 3. The molecule has 3 heteroatoms. The molecule has 1 aliphatic heterocycles. The van der Waals surface area contributed by atoms with Gasteiger partial charge in [0.25, 0.3) is 0 Å². The van der Waals surface area contributed by atoms with Crippen LogP contribution in [0.4, 0.5) is 0 Å². The molecule has 0 spiro atoms. The first kappa shape index (κ1) is 15.9. The zero-order valence-electron chi connectivity index (χ0n) is 13.1. The molecular formula is C15H33N3. The summed E-state index contributed by atoms with van der Waals surface area (Å²) in [7, 11) is 0. The van der Waals surface area contributed by atoms with Crippen LogP contribution in [0.1, 0.15) is 47.5 Å². The summed E-state index contributed by atoms with van der Waals surface area (Å²) < 4.78 is 0. The zero-order chi connectivity index (χ0) is 13.5. The fraction of sp³-hybridized carbons (Fsp3) is 1.00. The third-order valence-electron chi connectivity index (χ3n) is 4.58. The van der Waals surface area contributed by atoms with Crippen LogP contribution < -0.4 is 5.32 Å². The highest BCUT2D eigenvalue weighted by molar-refractivity contribution is 4.83. The highest BCUT2D eigenvalue weighted by atomic mass is 15.3. The molecule has 3 nitrogen and oxygen atoms in total. The number of nitrogens with one attached hydrogen (secondary N) is 1. The molecule has 3 atom stereocenters. The first-order valence-electron chi connectivity index (χ1n) is 7.81. The lowest BCUT2D eigenvalue weighted by molar-refractivity contribution is 0.0671. The molecule has 1 rings (SSSR count). The van der Waals surface area contributed by atoms with Crippen molar-refractivity contribution in [1.29, 1.82) is 0 Å². The molecule has 1 heterocycles. The topological polar surface area (TPSA) is 18.5 Å². The van der Waals surface area contributed by atoms with Crippen molar-refractivity contribution in [2.24, 2.45) is 0 Å². The van der Waals surface area contributed by atoms with Crippen molar-refractivity contribution >= 4 is 0 Å². The summed E-state index contributed by atoms with van der Waals surface area (Å²) >= 11 is 0. The highest BCUT2D eigenvalue weighted by Gasteiger charge is 2.25. The normalized spacial score (nSPS) is 23.8. The summed E-state index contributed by atoms with van der Waals surface area (Å²) in [5.74, 6) is 0. The Bertz CT molecular complexity index is 212. The summed E-state index contributed by atoms with van der Waals surface area (Å²) in [5.41, 5.74) is 0. The summed E-state index contributed by atoms with van der Waals surface area (Å²) in [6.45, 7) is 17.6. The zero-order valence-corrected chi connectivity index (χ0v) is 13.1. The van der Waals surface area contributed by atoms with Gasteiger partial charge in [0.1, 0.15) is 0 Å². The molecule has 0 bridgehead atoms. The summed E-state index contributed by atoms with van der Waals surface area (Å²) in [6.07, 6.45) is 2.49. The van der Waals surface area contributed by atoms with E-state index in [1.165, 1.54) is 39.0 Å². The Labute approximate surface area is 114 Å². The van der Waals surface area contributed by atoms with E-state index >= 15 is 0 Å². The van der Waals surface area contributed by atoms with Crippen molar-refractivity contribution in [3.63, 3.8) is 0 Å². The van der Waals surface area contributed by atoms with Gasteiger partial charge in [-0.2, -0.15) is 0 Å². The predicted molar refractivity (Wildman–Crippen MR) is 80.1 cm³/mol. The second-order valence-corrected chi connectivity index (χ2v) is 5.81. The lowest BCUT2D eigenvalue weighted by Gasteiger charge is -2.42. The quantitative estimate of drug-likeness (QED) is 0.752. The Morgan fingerprint density at radius 3 is 2.00 bits per heavy atom. The lowest BCUT2D eigenvalue weighted by Crippen LogP contribution is -2.56. The van der Waals surface area contributed by atoms with Crippen LogP contribution in [0.25, 0.3) is 0 Å². The molecule has 18 heavy (non-hydrogen) atoms. The van der Waals surface area contributed by atoms with Gasteiger partial charge in [0.15, 0.2) is 0 Å². The maximum Gasteiger partial charge on any atom is 0.0219 e. The van der Waals surface area contributed by atoms with Gasteiger partial charge in [0.2, 0.25) is 0 Å². The minimum atomic E-state index is 0.597. The third-order valence-corrected chi connectivity index (χ3v) is 4.58. The van der Waals surface area contributed by atoms with Crippen molar-refractivity contribution in [3.05, 3.63) is 0 Å². The van der Waals surface area contributed by atoms with Gasteiger partial charge < -0.3 is 5.32 Å². The molecule has 1 N–H and O–H groups in total. The summed E-state index contributed by atoms with van der Waals surface area (Å²) in [6, 6.07) is 1.99. The van der Waals surface area contributed by atoms with E-state index in [1.54, 1.807) is 0 Å². The van der Waals surface area contributed by atoms with E-state index in [0.717, 1.165) is 12.6 Å². The molecular weight excluding hydrogens is 222 g/mol. The maximum absolute atomic E-state index is 3.62. The standard InChI is InChI=1S/C15H33N3/c1-6-8-16-14(4)15(5)18-11-9-17(10-12-18)13(3)7-2/h13-16H,6-12H2,1-5H3. The molecule has 0 aliphatic carbocycles. The van der Waals surface area contributed by atoms with Gasteiger partial charge in [0, 0.05) is 44.3 Å². The van der Waals surface area contributed by atoms with Crippen LogP contribution in [0.2, 0.25) is 0 Å². The van der Waals surface area contributed by atoms with E-state index in [-0.39, 0.29) is 0 Å². The monoisotopic (exact) mass is 255 g/mol. The van der Waals surface area contributed by atoms with Gasteiger partial charge in [0.05, 0.1) is 0 Å². The summed E-state index contributed by atoms with van der Waals surface area (Å²) in [5, 5.41) is 3.62. The van der Waals surface area contributed by atoms with E-state index in [0.29, 0.717) is 12.1 Å². The number of rotatable bonds is 7. The van der Waals surface area contributed by atoms with Crippen LogP contribution in [-0.2, 0) is 0 Å². The molecule has 0 saturated carbocycles. The Balaban J connectivity index is 2.33. The minimum absolute atomic E-state index is 0.597. The van der Waals surface area contributed by atoms with Crippen LogP contribution in [-0.4, -0.2) is 60.6 Å². The van der Waals surface area contributed by atoms with Gasteiger partial charge in [-0.25, -0.2) is 0 Å². The largest absolute Gasteiger partial charge is 0.313 e. The molecule has 1 fully saturated rings. The van der Waals surface area contributed by atoms with Gasteiger partial charge in [-0.05, 0) is 40.2 Å². The fourth-order valence-electron chi connectivity index (χ4n) is 2.70. The number of hydrogen-bond donors (Lipinski definition) is 1. The Kier molecular flexibility index (Phi) is 7.20. The minimum Gasteiger partial charge on any atom is -0.313 e. The Morgan fingerprint density at radius 1 is 0.944 bits per heavy atom. The van der Waals surface area contributed by atoms with Crippen LogP contribution in [0.3, 0.4) is 0 Å². The lowest BCUT2D eigenvalue weighted by atomic mass is 10.1. The van der Waals surface area contributed by atoms with Gasteiger partial charge in [-0.1, -0.05) is 13.8 Å². The van der Waals surface area contributed by atoms with Crippen molar-refractivity contribution in [2.75, 3.05) is 32.7 Å². The van der Waals surface area contributed by atoms with Gasteiger partial charge in [-0.15, -0.1) is 0 Å². The highest BCUT2D eigenvalue weighted by Crippen LogP contribution is 2.12. The van der Waals surface area contributed by atoms with Crippen molar-refractivity contribution in [1.82, 2.24) is 15.1 Å².